The van der Waals surface area contributed by atoms with Gasteiger partial charge in [-0.1, -0.05) is 0 Å². The summed E-state index contributed by atoms with van der Waals surface area (Å²) in [6, 6.07) is 1.94. The molecule has 1 atom stereocenters. The van der Waals surface area contributed by atoms with E-state index in [0.29, 0.717) is 5.92 Å². The second-order valence-electron chi connectivity index (χ2n) is 6.06. The minimum Gasteiger partial charge on any atom is -0.347 e. The lowest BCUT2D eigenvalue weighted by Crippen LogP contribution is -2.21. The van der Waals surface area contributed by atoms with Gasteiger partial charge in [-0.05, 0) is 26.0 Å². The van der Waals surface area contributed by atoms with E-state index in [1.807, 2.05) is 50.6 Å². The van der Waals surface area contributed by atoms with Gasteiger partial charge in [-0.3, -0.25) is 4.90 Å². The van der Waals surface area contributed by atoms with Crippen molar-refractivity contribution in [1.82, 2.24) is 24.8 Å². The Labute approximate surface area is 131 Å². The molecule has 6 nitrogen and oxygen atoms in total. The molecule has 2 aromatic heterocycles. The number of nitrogens with zero attached hydrogens (tertiary/aromatic N) is 6. The van der Waals surface area contributed by atoms with Crippen molar-refractivity contribution in [2.75, 3.05) is 32.1 Å². The molecule has 2 aromatic rings. The highest BCUT2D eigenvalue weighted by molar-refractivity contribution is 5.26. The second kappa shape index (κ2) is 6.36. The molecule has 0 spiro atoms. The second-order valence-corrected chi connectivity index (χ2v) is 6.06. The van der Waals surface area contributed by atoms with Crippen molar-refractivity contribution in [3.8, 4) is 0 Å². The molecule has 3 heterocycles. The van der Waals surface area contributed by atoms with E-state index in [4.69, 9.17) is 0 Å². The number of likely N-dealkylation sites (tertiary alicyclic amines) is 1. The molecule has 22 heavy (non-hydrogen) atoms. The smallest absolute Gasteiger partial charge is 0.224 e. The van der Waals surface area contributed by atoms with E-state index in [1.54, 1.807) is 0 Å². The first-order valence-corrected chi connectivity index (χ1v) is 7.62. The highest BCUT2D eigenvalue weighted by atomic mass is 15.2. The van der Waals surface area contributed by atoms with E-state index in [0.717, 1.165) is 49.1 Å². The molecule has 1 saturated heterocycles. The summed E-state index contributed by atoms with van der Waals surface area (Å²) in [5.74, 6) is 2.15. The largest absolute Gasteiger partial charge is 0.347 e. The first-order valence-electron chi connectivity index (χ1n) is 7.62. The molecular weight excluding hydrogens is 276 g/mol. The lowest BCUT2D eigenvalue weighted by molar-refractivity contribution is 0.325. The zero-order valence-electron chi connectivity index (χ0n) is 13.4. The molecule has 0 saturated carbocycles. The Morgan fingerprint density at radius 3 is 2.68 bits per heavy atom. The van der Waals surface area contributed by atoms with Gasteiger partial charge in [-0.15, -0.1) is 0 Å². The predicted molar refractivity (Wildman–Crippen MR) is 85.8 cm³/mol. The van der Waals surface area contributed by atoms with Crippen LogP contribution in [-0.4, -0.2) is 52.0 Å². The van der Waals surface area contributed by atoms with Gasteiger partial charge in [0.05, 0.1) is 0 Å². The maximum Gasteiger partial charge on any atom is 0.224 e. The van der Waals surface area contributed by atoms with Gasteiger partial charge < -0.3 is 4.90 Å². The summed E-state index contributed by atoms with van der Waals surface area (Å²) in [5.41, 5.74) is 2.19. The quantitative estimate of drug-likeness (QED) is 0.855. The third-order valence-electron chi connectivity index (χ3n) is 3.95. The van der Waals surface area contributed by atoms with E-state index < -0.39 is 0 Å². The molecule has 0 radical (unpaired) electrons. The fourth-order valence-electron chi connectivity index (χ4n) is 2.77. The van der Waals surface area contributed by atoms with Gasteiger partial charge in [-0.25, -0.2) is 19.9 Å². The monoisotopic (exact) mass is 298 g/mol. The van der Waals surface area contributed by atoms with Gasteiger partial charge in [0, 0.05) is 63.0 Å². The third kappa shape index (κ3) is 3.39. The molecule has 1 fully saturated rings. The first-order chi connectivity index (χ1) is 10.6. The SMILES string of the molecule is Cc1ccnc([C@@H]2CCN(Cc3cnc(N(C)C)nc3)C2)n1. The predicted octanol–water partition coefficient (Wildman–Crippen LogP) is 1.63. The number of aryl methyl sites for hydroxylation is 1. The Hall–Kier alpha value is -2.08. The van der Waals surface area contributed by atoms with Crippen LogP contribution in [0.15, 0.2) is 24.7 Å². The number of rotatable bonds is 4. The zero-order chi connectivity index (χ0) is 15.5. The fourth-order valence-corrected chi connectivity index (χ4v) is 2.77. The molecular formula is C16H22N6. The van der Waals surface area contributed by atoms with Crippen molar-refractivity contribution in [1.29, 1.82) is 0 Å². The Balaban J connectivity index is 1.61. The average Bonchev–Trinajstić information content (AvgIpc) is 2.96. The van der Waals surface area contributed by atoms with Gasteiger partial charge in [0.2, 0.25) is 5.95 Å². The minimum absolute atomic E-state index is 0.432. The van der Waals surface area contributed by atoms with Gasteiger partial charge in [0.1, 0.15) is 5.82 Å². The number of aromatic nitrogens is 4. The minimum atomic E-state index is 0.432. The van der Waals surface area contributed by atoms with Crippen molar-refractivity contribution >= 4 is 5.95 Å². The van der Waals surface area contributed by atoms with Crippen molar-refractivity contribution < 1.29 is 0 Å². The standard InChI is InChI=1S/C16H22N6/c1-12-4-6-17-15(20-12)14-5-7-22(11-14)10-13-8-18-16(19-9-13)21(2)3/h4,6,8-9,14H,5,7,10-11H2,1-3H3/t14-/m1/s1. The van der Waals surface area contributed by atoms with Gasteiger partial charge in [-0.2, -0.15) is 0 Å². The van der Waals surface area contributed by atoms with Crippen molar-refractivity contribution in [2.24, 2.45) is 0 Å². The van der Waals surface area contributed by atoms with Crippen LogP contribution in [0.4, 0.5) is 5.95 Å². The maximum atomic E-state index is 4.56. The van der Waals surface area contributed by atoms with Crippen LogP contribution in [0, 0.1) is 6.92 Å². The average molecular weight is 298 g/mol. The van der Waals surface area contributed by atoms with Gasteiger partial charge in [0.25, 0.3) is 0 Å². The molecule has 0 bridgehead atoms. The van der Waals surface area contributed by atoms with E-state index in [-0.39, 0.29) is 0 Å². The number of hydrogen-bond donors (Lipinski definition) is 0. The molecule has 0 N–H and O–H groups in total. The van der Waals surface area contributed by atoms with Crippen molar-refractivity contribution in [2.45, 2.75) is 25.8 Å². The molecule has 1 aliphatic heterocycles. The lowest BCUT2D eigenvalue weighted by Gasteiger charge is -2.16. The molecule has 0 unspecified atom stereocenters. The molecule has 0 amide bonds. The highest BCUT2D eigenvalue weighted by Gasteiger charge is 2.26. The van der Waals surface area contributed by atoms with Crippen LogP contribution in [-0.2, 0) is 6.54 Å². The first kappa shape index (κ1) is 14.8. The molecule has 3 rings (SSSR count). The Kier molecular flexibility index (Phi) is 4.29. The molecule has 0 aliphatic carbocycles. The van der Waals surface area contributed by atoms with Gasteiger partial charge >= 0.3 is 0 Å². The summed E-state index contributed by atoms with van der Waals surface area (Å²) in [5, 5.41) is 0. The van der Waals surface area contributed by atoms with Crippen molar-refractivity contribution in [3.63, 3.8) is 0 Å². The summed E-state index contributed by atoms with van der Waals surface area (Å²) in [6.45, 7) is 4.97. The fraction of sp³-hybridized carbons (Fsp3) is 0.500. The lowest BCUT2D eigenvalue weighted by atomic mass is 10.1. The maximum absolute atomic E-state index is 4.56. The topological polar surface area (TPSA) is 58.0 Å². The van der Waals surface area contributed by atoms with Crippen LogP contribution in [0.2, 0.25) is 0 Å². The van der Waals surface area contributed by atoms with E-state index >= 15 is 0 Å². The van der Waals surface area contributed by atoms with E-state index in [1.165, 1.54) is 0 Å². The van der Waals surface area contributed by atoms with Crippen LogP contribution in [0.3, 0.4) is 0 Å². The Bertz CT molecular complexity index is 625. The summed E-state index contributed by atoms with van der Waals surface area (Å²) in [6.07, 6.45) is 6.80. The van der Waals surface area contributed by atoms with E-state index in [9.17, 15) is 0 Å². The summed E-state index contributed by atoms with van der Waals surface area (Å²) >= 11 is 0. The van der Waals surface area contributed by atoms with Crippen LogP contribution < -0.4 is 4.90 Å². The third-order valence-corrected chi connectivity index (χ3v) is 3.95. The number of hydrogen-bond acceptors (Lipinski definition) is 6. The van der Waals surface area contributed by atoms with E-state index in [2.05, 4.69) is 24.8 Å². The van der Waals surface area contributed by atoms with Crippen molar-refractivity contribution in [3.05, 3.63) is 41.7 Å². The summed E-state index contributed by atoms with van der Waals surface area (Å²) < 4.78 is 0. The van der Waals surface area contributed by atoms with Crippen LogP contribution in [0.1, 0.15) is 29.4 Å². The molecule has 0 aromatic carbocycles. The molecule has 116 valence electrons. The number of anilines is 1. The summed E-state index contributed by atoms with van der Waals surface area (Å²) in [7, 11) is 3.89. The Morgan fingerprint density at radius 2 is 2.00 bits per heavy atom. The van der Waals surface area contributed by atoms with Crippen LogP contribution in [0.25, 0.3) is 0 Å². The van der Waals surface area contributed by atoms with Crippen LogP contribution in [0.5, 0.6) is 0 Å². The zero-order valence-corrected chi connectivity index (χ0v) is 13.4. The molecule has 6 heteroatoms. The highest BCUT2D eigenvalue weighted by Crippen LogP contribution is 2.25. The molecule has 1 aliphatic rings. The van der Waals surface area contributed by atoms with Crippen LogP contribution >= 0.6 is 0 Å². The van der Waals surface area contributed by atoms with Gasteiger partial charge in [0.15, 0.2) is 0 Å². The summed E-state index contributed by atoms with van der Waals surface area (Å²) in [4.78, 5) is 22.1. The Morgan fingerprint density at radius 1 is 1.23 bits per heavy atom. The normalized spacial score (nSPS) is 18.6.